The first kappa shape index (κ1) is 11.8. The number of carbonyl (C=O) groups excluding carboxylic acids is 2. The molecule has 0 amide bonds. The van der Waals surface area contributed by atoms with Crippen LogP contribution in [0.1, 0.15) is 40.0 Å². The van der Waals surface area contributed by atoms with E-state index in [2.05, 4.69) is 13.8 Å². The van der Waals surface area contributed by atoms with Crippen LogP contribution < -0.4 is 0 Å². The van der Waals surface area contributed by atoms with Crippen molar-refractivity contribution in [3.05, 3.63) is 11.6 Å². The lowest BCUT2D eigenvalue weighted by atomic mass is 9.67. The van der Waals surface area contributed by atoms with Crippen LogP contribution in [0.15, 0.2) is 11.6 Å². The maximum Gasteiger partial charge on any atom is 0.338 e. The molecule has 2 aliphatic carbocycles. The average molecular weight is 250 g/mol. The van der Waals surface area contributed by atoms with Crippen LogP contribution in [0.5, 0.6) is 0 Å². The van der Waals surface area contributed by atoms with Crippen LogP contribution in [0.2, 0.25) is 0 Å². The van der Waals surface area contributed by atoms with Gasteiger partial charge in [0.2, 0.25) is 0 Å². The molecule has 0 radical (unpaired) electrons. The highest BCUT2D eigenvalue weighted by Gasteiger charge is 2.66. The van der Waals surface area contributed by atoms with E-state index in [1.54, 1.807) is 0 Å². The van der Waals surface area contributed by atoms with E-state index in [1.165, 1.54) is 6.92 Å². The minimum Gasteiger partial charge on any atom is -0.454 e. The van der Waals surface area contributed by atoms with Gasteiger partial charge in [0.1, 0.15) is 6.10 Å². The van der Waals surface area contributed by atoms with Crippen LogP contribution >= 0.6 is 0 Å². The minimum atomic E-state index is -0.793. The minimum absolute atomic E-state index is 0.0398. The van der Waals surface area contributed by atoms with E-state index < -0.39 is 5.60 Å². The maximum atomic E-state index is 12.0. The van der Waals surface area contributed by atoms with Crippen molar-refractivity contribution >= 4 is 11.9 Å². The lowest BCUT2D eigenvalue weighted by Crippen LogP contribution is -2.49. The Kier molecular flexibility index (Phi) is 2.20. The van der Waals surface area contributed by atoms with E-state index in [0.717, 1.165) is 19.3 Å². The second-order valence-electron chi connectivity index (χ2n) is 6.31. The van der Waals surface area contributed by atoms with Crippen molar-refractivity contribution in [1.82, 2.24) is 0 Å². The number of hydrogen-bond acceptors (Lipinski definition) is 4. The summed E-state index contributed by atoms with van der Waals surface area (Å²) < 4.78 is 11.0. The molecule has 98 valence electrons. The van der Waals surface area contributed by atoms with Crippen molar-refractivity contribution in [3.8, 4) is 0 Å². The Bertz CT molecular complexity index is 462. The smallest absolute Gasteiger partial charge is 0.338 e. The number of hydrogen-bond donors (Lipinski definition) is 0. The lowest BCUT2D eigenvalue weighted by Gasteiger charge is -2.41. The van der Waals surface area contributed by atoms with E-state index in [0.29, 0.717) is 5.57 Å². The fourth-order valence-electron chi connectivity index (χ4n) is 3.89. The summed E-state index contributed by atoms with van der Waals surface area (Å²) in [6.45, 7) is 5.61. The monoisotopic (exact) mass is 250 g/mol. The molecule has 3 aliphatic rings. The van der Waals surface area contributed by atoms with Gasteiger partial charge in [0.15, 0.2) is 5.60 Å². The molecule has 1 heterocycles. The fraction of sp³-hybridized carbons (Fsp3) is 0.714. The quantitative estimate of drug-likeness (QED) is 0.668. The van der Waals surface area contributed by atoms with E-state index in [1.807, 2.05) is 6.08 Å². The highest BCUT2D eigenvalue weighted by molar-refractivity contribution is 5.95. The summed E-state index contributed by atoms with van der Waals surface area (Å²) in [5.74, 6) is -0.442. The molecule has 1 saturated carbocycles. The first-order chi connectivity index (χ1) is 8.35. The van der Waals surface area contributed by atoms with Crippen molar-refractivity contribution in [2.45, 2.75) is 51.7 Å². The summed E-state index contributed by atoms with van der Waals surface area (Å²) in [4.78, 5) is 23.4. The van der Waals surface area contributed by atoms with Crippen LogP contribution in [0, 0.1) is 11.3 Å². The zero-order valence-electron chi connectivity index (χ0n) is 11.0. The predicted molar refractivity (Wildman–Crippen MR) is 63.6 cm³/mol. The van der Waals surface area contributed by atoms with Crippen molar-refractivity contribution in [2.75, 3.05) is 0 Å². The predicted octanol–water partition coefficient (Wildman–Crippen LogP) is 1.98. The number of rotatable bonds is 1. The van der Waals surface area contributed by atoms with Gasteiger partial charge >= 0.3 is 11.9 Å². The molecule has 1 aliphatic heterocycles. The van der Waals surface area contributed by atoms with Gasteiger partial charge in [-0.3, -0.25) is 4.79 Å². The first-order valence-corrected chi connectivity index (χ1v) is 6.49. The normalized spacial score (nSPS) is 39.9. The molecular weight excluding hydrogens is 232 g/mol. The van der Waals surface area contributed by atoms with E-state index >= 15 is 0 Å². The highest BCUT2D eigenvalue weighted by Crippen LogP contribution is 2.57. The van der Waals surface area contributed by atoms with Crippen molar-refractivity contribution in [2.24, 2.45) is 11.3 Å². The summed E-state index contributed by atoms with van der Waals surface area (Å²) in [5.41, 5.74) is -0.262. The Morgan fingerprint density at radius 2 is 2.17 bits per heavy atom. The van der Waals surface area contributed by atoms with E-state index in [4.69, 9.17) is 9.47 Å². The third-order valence-electron chi connectivity index (χ3n) is 4.37. The Hall–Kier alpha value is -1.32. The number of esters is 2. The lowest BCUT2D eigenvalue weighted by molar-refractivity contribution is -0.164. The van der Waals surface area contributed by atoms with Crippen molar-refractivity contribution in [1.29, 1.82) is 0 Å². The molecule has 1 saturated heterocycles. The Morgan fingerprint density at radius 3 is 2.83 bits per heavy atom. The summed E-state index contributed by atoms with van der Waals surface area (Å²) in [6, 6.07) is 0. The largest absolute Gasteiger partial charge is 0.454 e. The molecule has 0 aromatic heterocycles. The zero-order valence-corrected chi connectivity index (χ0v) is 11.0. The van der Waals surface area contributed by atoms with Crippen LogP contribution in [0.3, 0.4) is 0 Å². The number of allylic oxidation sites excluding steroid dienone is 1. The molecule has 0 N–H and O–H groups in total. The van der Waals surface area contributed by atoms with Gasteiger partial charge in [0, 0.05) is 12.8 Å². The van der Waals surface area contributed by atoms with Crippen LogP contribution in [-0.4, -0.2) is 23.6 Å². The standard InChI is InChI=1S/C14H18O4/c1-8(15)18-14-9-4-5-11(14)17-12(16)10(14)7-13(2,3)6-9/h7,9,11H,4-6H2,1-3H3/t9-,11-,14+/m1/s1. The third-order valence-corrected chi connectivity index (χ3v) is 4.37. The molecule has 2 fully saturated rings. The van der Waals surface area contributed by atoms with Crippen LogP contribution in [0.25, 0.3) is 0 Å². The van der Waals surface area contributed by atoms with Crippen molar-refractivity contribution < 1.29 is 19.1 Å². The van der Waals surface area contributed by atoms with Crippen LogP contribution in [0.4, 0.5) is 0 Å². The molecule has 0 spiro atoms. The molecule has 4 heteroatoms. The van der Waals surface area contributed by atoms with Crippen LogP contribution in [-0.2, 0) is 19.1 Å². The van der Waals surface area contributed by atoms with Gasteiger partial charge < -0.3 is 9.47 Å². The SMILES string of the molecule is CC(=O)O[C@]12C3=CC(C)(C)C[C@H]1CC[C@H]2OC3=O. The van der Waals surface area contributed by atoms with Gasteiger partial charge in [-0.1, -0.05) is 19.9 Å². The summed E-state index contributed by atoms with van der Waals surface area (Å²) >= 11 is 0. The number of ether oxygens (including phenoxy) is 2. The van der Waals surface area contributed by atoms with Gasteiger partial charge in [-0.2, -0.15) is 0 Å². The summed E-state index contributed by atoms with van der Waals surface area (Å²) in [7, 11) is 0. The van der Waals surface area contributed by atoms with E-state index in [9.17, 15) is 9.59 Å². The molecule has 4 nitrogen and oxygen atoms in total. The van der Waals surface area contributed by atoms with E-state index in [-0.39, 0.29) is 29.4 Å². The fourth-order valence-corrected chi connectivity index (χ4v) is 3.89. The molecule has 3 atom stereocenters. The molecule has 18 heavy (non-hydrogen) atoms. The number of carbonyl (C=O) groups is 2. The van der Waals surface area contributed by atoms with Gasteiger partial charge in [-0.15, -0.1) is 0 Å². The summed E-state index contributed by atoms with van der Waals surface area (Å²) in [6.07, 6.45) is 4.33. The maximum absolute atomic E-state index is 12.0. The zero-order chi connectivity index (χ0) is 13.1. The van der Waals surface area contributed by atoms with Gasteiger partial charge in [0.25, 0.3) is 0 Å². The Labute approximate surface area is 106 Å². The molecule has 0 bridgehead atoms. The summed E-state index contributed by atoms with van der Waals surface area (Å²) in [5, 5.41) is 0. The Morgan fingerprint density at radius 1 is 1.44 bits per heavy atom. The Balaban J connectivity index is 2.14. The van der Waals surface area contributed by atoms with Gasteiger partial charge in [0.05, 0.1) is 5.57 Å². The molecule has 3 rings (SSSR count). The van der Waals surface area contributed by atoms with Gasteiger partial charge in [-0.05, 0) is 24.7 Å². The second kappa shape index (κ2) is 3.37. The first-order valence-electron chi connectivity index (χ1n) is 6.49. The second-order valence-corrected chi connectivity index (χ2v) is 6.31. The third kappa shape index (κ3) is 1.38. The topological polar surface area (TPSA) is 52.6 Å². The molecular formula is C14H18O4. The highest BCUT2D eigenvalue weighted by atomic mass is 16.6. The molecule has 0 aromatic carbocycles. The molecule has 0 aromatic rings. The molecule has 0 unspecified atom stereocenters. The van der Waals surface area contributed by atoms with Gasteiger partial charge in [-0.25, -0.2) is 4.79 Å². The van der Waals surface area contributed by atoms with Crippen molar-refractivity contribution in [3.63, 3.8) is 0 Å². The average Bonchev–Trinajstić information content (AvgIpc) is 2.66.